The van der Waals surface area contributed by atoms with Crippen LogP contribution in [0, 0.1) is 0 Å². The molecule has 128 valence electrons. The van der Waals surface area contributed by atoms with Gasteiger partial charge in [-0.15, -0.1) is 12.4 Å². The van der Waals surface area contributed by atoms with Crippen molar-refractivity contribution in [1.29, 1.82) is 0 Å². The van der Waals surface area contributed by atoms with E-state index in [1.807, 2.05) is 14.0 Å². The van der Waals surface area contributed by atoms with Gasteiger partial charge in [0, 0.05) is 32.9 Å². The second-order valence-corrected chi connectivity index (χ2v) is 5.69. The van der Waals surface area contributed by atoms with Crippen molar-refractivity contribution in [3.05, 3.63) is 12.4 Å². The standard InChI is InChI=1S/C14H21N5O3.ClH/c1-10-13(15-3-6-22-10)14(21)18-4-5-19(12(20)9-18)11-7-16-17(2)8-11;/h7-8,10,13,15H,3-6,9H2,1-2H3;1H/t10-,13+;/m1./s1. The number of aromatic nitrogens is 2. The summed E-state index contributed by atoms with van der Waals surface area (Å²) in [6, 6.07) is -0.369. The second kappa shape index (κ2) is 7.29. The van der Waals surface area contributed by atoms with E-state index in [0.29, 0.717) is 26.2 Å². The van der Waals surface area contributed by atoms with Crippen molar-refractivity contribution in [1.82, 2.24) is 20.0 Å². The molecule has 0 aliphatic carbocycles. The number of aryl methyl sites for hydroxylation is 1. The van der Waals surface area contributed by atoms with Gasteiger partial charge in [0.15, 0.2) is 0 Å². The fourth-order valence-electron chi connectivity index (χ4n) is 2.89. The summed E-state index contributed by atoms with van der Waals surface area (Å²) in [6.45, 7) is 4.24. The fraction of sp³-hybridized carbons (Fsp3) is 0.643. The van der Waals surface area contributed by atoms with E-state index in [1.54, 1.807) is 26.9 Å². The number of ether oxygens (including phenoxy) is 1. The number of carbonyl (C=O) groups is 2. The summed E-state index contributed by atoms with van der Waals surface area (Å²) < 4.78 is 7.16. The van der Waals surface area contributed by atoms with Gasteiger partial charge in [0.25, 0.3) is 0 Å². The maximum atomic E-state index is 12.6. The van der Waals surface area contributed by atoms with Gasteiger partial charge >= 0.3 is 0 Å². The average molecular weight is 344 g/mol. The average Bonchev–Trinajstić information content (AvgIpc) is 2.93. The van der Waals surface area contributed by atoms with Crippen molar-refractivity contribution in [2.45, 2.75) is 19.1 Å². The Morgan fingerprint density at radius 2 is 2.22 bits per heavy atom. The van der Waals surface area contributed by atoms with Crippen LogP contribution in [-0.2, 0) is 21.4 Å². The third-order valence-electron chi connectivity index (χ3n) is 4.12. The minimum atomic E-state index is -0.369. The normalized spacial score (nSPS) is 25.2. The lowest BCUT2D eigenvalue weighted by Gasteiger charge is -2.38. The minimum absolute atomic E-state index is 0. The lowest BCUT2D eigenvalue weighted by atomic mass is 10.1. The third kappa shape index (κ3) is 3.65. The Kier molecular flexibility index (Phi) is 5.61. The first-order valence-corrected chi connectivity index (χ1v) is 7.49. The number of hydrogen-bond acceptors (Lipinski definition) is 5. The molecule has 2 saturated heterocycles. The fourth-order valence-corrected chi connectivity index (χ4v) is 2.89. The van der Waals surface area contributed by atoms with Crippen LogP contribution in [0.5, 0.6) is 0 Å². The maximum Gasteiger partial charge on any atom is 0.246 e. The third-order valence-corrected chi connectivity index (χ3v) is 4.12. The summed E-state index contributed by atoms with van der Waals surface area (Å²) in [5.41, 5.74) is 0.770. The predicted molar refractivity (Wildman–Crippen MR) is 86.6 cm³/mol. The van der Waals surface area contributed by atoms with Crippen LogP contribution in [0.1, 0.15) is 6.92 Å². The van der Waals surface area contributed by atoms with E-state index in [-0.39, 0.29) is 42.9 Å². The van der Waals surface area contributed by atoms with Gasteiger partial charge in [0.2, 0.25) is 11.8 Å². The molecule has 2 aliphatic rings. The molecule has 0 radical (unpaired) electrons. The Balaban J connectivity index is 0.00000192. The molecule has 2 atom stereocenters. The van der Waals surface area contributed by atoms with Crippen LogP contribution in [0.15, 0.2) is 12.4 Å². The van der Waals surface area contributed by atoms with Gasteiger partial charge in [0.1, 0.15) is 12.6 Å². The number of halogens is 1. The van der Waals surface area contributed by atoms with Gasteiger partial charge in [-0.25, -0.2) is 0 Å². The molecular weight excluding hydrogens is 322 g/mol. The molecule has 0 bridgehead atoms. The molecular formula is C14H22ClN5O3. The Morgan fingerprint density at radius 3 is 2.83 bits per heavy atom. The molecule has 1 aromatic rings. The van der Waals surface area contributed by atoms with E-state index in [9.17, 15) is 9.59 Å². The molecule has 3 rings (SSSR count). The van der Waals surface area contributed by atoms with Gasteiger partial charge in [0.05, 0.1) is 24.6 Å². The van der Waals surface area contributed by atoms with Crippen LogP contribution in [-0.4, -0.2) is 71.4 Å². The summed E-state index contributed by atoms with van der Waals surface area (Å²) in [7, 11) is 1.81. The van der Waals surface area contributed by atoms with Crippen LogP contribution < -0.4 is 10.2 Å². The van der Waals surface area contributed by atoms with Gasteiger partial charge in [-0.05, 0) is 6.92 Å². The number of morpholine rings is 1. The predicted octanol–water partition coefficient (Wildman–Crippen LogP) is -0.606. The molecule has 2 fully saturated rings. The quantitative estimate of drug-likeness (QED) is 0.775. The number of anilines is 1. The molecule has 1 N–H and O–H groups in total. The number of carbonyl (C=O) groups excluding carboxylic acids is 2. The first-order valence-electron chi connectivity index (χ1n) is 7.49. The Morgan fingerprint density at radius 1 is 1.43 bits per heavy atom. The maximum absolute atomic E-state index is 12.6. The highest BCUT2D eigenvalue weighted by Crippen LogP contribution is 2.17. The van der Waals surface area contributed by atoms with Crippen molar-refractivity contribution < 1.29 is 14.3 Å². The second-order valence-electron chi connectivity index (χ2n) is 5.69. The number of hydrogen-bond donors (Lipinski definition) is 1. The van der Waals surface area contributed by atoms with Crippen LogP contribution in [0.4, 0.5) is 5.69 Å². The molecule has 1 aromatic heterocycles. The highest BCUT2D eigenvalue weighted by molar-refractivity contribution is 5.98. The summed E-state index contributed by atoms with van der Waals surface area (Å²) in [5, 5.41) is 7.25. The first-order chi connectivity index (χ1) is 10.6. The smallest absolute Gasteiger partial charge is 0.246 e. The molecule has 0 saturated carbocycles. The summed E-state index contributed by atoms with van der Waals surface area (Å²) in [6.07, 6.45) is 3.29. The van der Waals surface area contributed by atoms with E-state index < -0.39 is 0 Å². The number of rotatable bonds is 2. The molecule has 0 spiro atoms. The van der Waals surface area contributed by atoms with Gasteiger partial charge in [-0.1, -0.05) is 0 Å². The van der Waals surface area contributed by atoms with E-state index >= 15 is 0 Å². The largest absolute Gasteiger partial charge is 0.375 e. The van der Waals surface area contributed by atoms with Crippen molar-refractivity contribution in [2.75, 3.05) is 37.7 Å². The molecule has 23 heavy (non-hydrogen) atoms. The lowest BCUT2D eigenvalue weighted by molar-refractivity contribution is -0.143. The Hall–Kier alpha value is -1.64. The highest BCUT2D eigenvalue weighted by Gasteiger charge is 2.35. The van der Waals surface area contributed by atoms with Crippen molar-refractivity contribution >= 4 is 29.9 Å². The first kappa shape index (κ1) is 17.7. The zero-order chi connectivity index (χ0) is 15.7. The molecule has 9 heteroatoms. The van der Waals surface area contributed by atoms with Crippen molar-refractivity contribution in [3.63, 3.8) is 0 Å². The van der Waals surface area contributed by atoms with Crippen LogP contribution in [0.2, 0.25) is 0 Å². The van der Waals surface area contributed by atoms with Crippen LogP contribution in [0.25, 0.3) is 0 Å². The van der Waals surface area contributed by atoms with Gasteiger partial charge in [-0.2, -0.15) is 5.10 Å². The summed E-state index contributed by atoms with van der Waals surface area (Å²) >= 11 is 0. The lowest BCUT2D eigenvalue weighted by Crippen LogP contribution is -2.60. The van der Waals surface area contributed by atoms with E-state index in [4.69, 9.17) is 4.74 Å². The molecule has 0 unspecified atom stereocenters. The topological polar surface area (TPSA) is 79.7 Å². The number of nitrogens with zero attached hydrogens (tertiary/aromatic N) is 4. The molecule has 2 aliphatic heterocycles. The van der Waals surface area contributed by atoms with Crippen molar-refractivity contribution in [2.24, 2.45) is 7.05 Å². The molecule has 0 aromatic carbocycles. The van der Waals surface area contributed by atoms with Crippen LogP contribution in [0.3, 0.4) is 0 Å². The Bertz CT molecular complexity index is 579. The highest BCUT2D eigenvalue weighted by atomic mass is 35.5. The zero-order valence-corrected chi connectivity index (χ0v) is 14.1. The van der Waals surface area contributed by atoms with E-state index in [2.05, 4.69) is 10.4 Å². The molecule has 3 heterocycles. The van der Waals surface area contributed by atoms with Gasteiger partial charge < -0.3 is 19.9 Å². The zero-order valence-electron chi connectivity index (χ0n) is 13.3. The van der Waals surface area contributed by atoms with E-state index in [0.717, 1.165) is 5.69 Å². The summed E-state index contributed by atoms with van der Waals surface area (Å²) in [4.78, 5) is 28.2. The van der Waals surface area contributed by atoms with E-state index in [1.165, 1.54) is 0 Å². The van der Waals surface area contributed by atoms with Crippen molar-refractivity contribution in [3.8, 4) is 0 Å². The van der Waals surface area contributed by atoms with Gasteiger partial charge in [-0.3, -0.25) is 14.3 Å². The number of nitrogens with one attached hydrogen (secondary N) is 1. The molecule has 8 nitrogen and oxygen atoms in total. The number of piperazine rings is 1. The number of amides is 2. The minimum Gasteiger partial charge on any atom is -0.375 e. The SMILES string of the molecule is C[C@H]1OCCN[C@@H]1C(=O)N1CCN(c2cnn(C)c2)C(=O)C1.Cl. The summed E-state index contributed by atoms with van der Waals surface area (Å²) in [5.74, 6) is -0.150. The monoisotopic (exact) mass is 343 g/mol. The molecule has 2 amide bonds. The Labute approximate surface area is 141 Å². The van der Waals surface area contributed by atoms with Crippen LogP contribution >= 0.6 is 12.4 Å².